The summed E-state index contributed by atoms with van der Waals surface area (Å²) in [4.78, 5) is 0. The van der Waals surface area contributed by atoms with Crippen LogP contribution in [-0.4, -0.2) is 22.5 Å². The van der Waals surface area contributed by atoms with Crippen LogP contribution >= 0.6 is 11.6 Å². The molecular weight excluding hydrogens is 236 g/mol. The Morgan fingerprint density at radius 2 is 2.29 bits per heavy atom. The van der Waals surface area contributed by atoms with E-state index in [1.165, 1.54) is 5.56 Å². The lowest BCUT2D eigenvalue weighted by atomic mass is 10.0. The third-order valence-electron chi connectivity index (χ3n) is 2.77. The first-order valence-electron chi connectivity index (χ1n) is 5.48. The number of hydrogen-bond donors (Lipinski definition) is 2. The number of H-pyrrole nitrogens is 1. The van der Waals surface area contributed by atoms with Crippen LogP contribution in [0.2, 0.25) is 5.02 Å². The summed E-state index contributed by atoms with van der Waals surface area (Å²) < 4.78 is 0. The summed E-state index contributed by atoms with van der Waals surface area (Å²) in [5.74, 6) is 0. The highest BCUT2D eigenvalue weighted by molar-refractivity contribution is 6.31. The van der Waals surface area contributed by atoms with E-state index >= 15 is 0 Å². The molecule has 1 aromatic heterocycles. The molecule has 0 saturated carbocycles. The van der Waals surface area contributed by atoms with Gasteiger partial charge in [0.2, 0.25) is 0 Å². The number of aryl methyl sites for hydroxylation is 1. The van der Waals surface area contributed by atoms with Crippen LogP contribution < -0.4 is 5.32 Å². The number of halogens is 1. The second kappa shape index (κ2) is 5.29. The van der Waals surface area contributed by atoms with E-state index in [4.69, 9.17) is 11.6 Å². The molecule has 2 aromatic rings. The molecule has 1 atom stereocenters. The topological polar surface area (TPSA) is 53.6 Å². The molecule has 0 spiro atoms. The number of likely N-dealkylation sites (N-methyl/N-ethyl adjacent to an activating group) is 1. The molecular formula is C12H15ClN4. The monoisotopic (exact) mass is 250 g/mol. The predicted molar refractivity (Wildman–Crippen MR) is 68.1 cm³/mol. The van der Waals surface area contributed by atoms with Crippen molar-refractivity contribution in [3.8, 4) is 0 Å². The molecule has 1 heterocycles. The third kappa shape index (κ3) is 2.84. The average Bonchev–Trinajstić information content (AvgIpc) is 2.81. The molecule has 5 heteroatoms. The number of aromatic amines is 1. The molecule has 1 aromatic carbocycles. The van der Waals surface area contributed by atoms with Crippen molar-refractivity contribution in [2.45, 2.75) is 19.4 Å². The fourth-order valence-electron chi connectivity index (χ4n) is 1.77. The zero-order chi connectivity index (χ0) is 12.3. The van der Waals surface area contributed by atoms with Gasteiger partial charge in [0, 0.05) is 5.02 Å². The molecule has 0 fully saturated rings. The van der Waals surface area contributed by atoms with Gasteiger partial charge in [0.25, 0.3) is 0 Å². The summed E-state index contributed by atoms with van der Waals surface area (Å²) in [5, 5.41) is 14.5. The standard InChI is InChI=1S/C12H15ClN4/c1-8-3-4-9(10(13)5-8)6-11(14-2)12-7-15-17-16-12/h3-5,7,11,14H,6H2,1-2H3,(H,15,16,17). The van der Waals surface area contributed by atoms with E-state index in [2.05, 4.69) is 32.9 Å². The number of benzene rings is 1. The lowest BCUT2D eigenvalue weighted by molar-refractivity contribution is 0.574. The first-order valence-corrected chi connectivity index (χ1v) is 5.86. The normalized spacial score (nSPS) is 12.6. The fraction of sp³-hybridized carbons (Fsp3) is 0.333. The molecule has 0 saturated heterocycles. The van der Waals surface area contributed by atoms with Gasteiger partial charge in [0.05, 0.1) is 17.9 Å². The van der Waals surface area contributed by atoms with E-state index in [1.807, 2.05) is 20.0 Å². The van der Waals surface area contributed by atoms with Gasteiger partial charge in [0.1, 0.15) is 0 Å². The van der Waals surface area contributed by atoms with Gasteiger partial charge in [-0.3, -0.25) is 0 Å². The number of hydrogen-bond acceptors (Lipinski definition) is 3. The van der Waals surface area contributed by atoms with Crippen molar-refractivity contribution in [2.24, 2.45) is 0 Å². The van der Waals surface area contributed by atoms with Crippen molar-refractivity contribution in [1.82, 2.24) is 20.7 Å². The molecule has 1 unspecified atom stereocenters. The highest BCUT2D eigenvalue weighted by atomic mass is 35.5. The van der Waals surface area contributed by atoms with Gasteiger partial charge >= 0.3 is 0 Å². The Balaban J connectivity index is 2.19. The SMILES string of the molecule is CNC(Cc1ccc(C)cc1Cl)c1cn[nH]n1. The Morgan fingerprint density at radius 1 is 1.47 bits per heavy atom. The van der Waals surface area contributed by atoms with Crippen LogP contribution in [0, 0.1) is 6.92 Å². The predicted octanol–water partition coefficient (Wildman–Crippen LogP) is 2.27. The first kappa shape index (κ1) is 12.1. The quantitative estimate of drug-likeness (QED) is 0.875. The Hall–Kier alpha value is -1.39. The maximum atomic E-state index is 6.22. The Bertz CT molecular complexity index is 481. The second-order valence-electron chi connectivity index (χ2n) is 4.04. The molecule has 90 valence electrons. The number of rotatable bonds is 4. The van der Waals surface area contributed by atoms with E-state index in [0.717, 1.165) is 22.7 Å². The summed E-state index contributed by atoms with van der Waals surface area (Å²) in [6.45, 7) is 2.03. The molecule has 0 bridgehead atoms. The highest BCUT2D eigenvalue weighted by Crippen LogP contribution is 2.23. The minimum atomic E-state index is 0.119. The summed E-state index contributed by atoms with van der Waals surface area (Å²) in [5.41, 5.74) is 3.17. The van der Waals surface area contributed by atoms with Crippen molar-refractivity contribution in [3.05, 3.63) is 46.2 Å². The van der Waals surface area contributed by atoms with Gasteiger partial charge in [-0.2, -0.15) is 15.4 Å². The van der Waals surface area contributed by atoms with Crippen LogP contribution in [0.3, 0.4) is 0 Å². The maximum absolute atomic E-state index is 6.22. The molecule has 2 rings (SSSR count). The number of nitrogens with zero attached hydrogens (tertiary/aromatic N) is 2. The fourth-order valence-corrected chi connectivity index (χ4v) is 2.08. The van der Waals surface area contributed by atoms with Gasteiger partial charge in [0.15, 0.2) is 0 Å². The van der Waals surface area contributed by atoms with Crippen LogP contribution in [0.15, 0.2) is 24.4 Å². The highest BCUT2D eigenvalue weighted by Gasteiger charge is 2.14. The molecule has 4 nitrogen and oxygen atoms in total. The number of nitrogens with one attached hydrogen (secondary N) is 2. The lowest BCUT2D eigenvalue weighted by Gasteiger charge is -2.14. The van der Waals surface area contributed by atoms with Gasteiger partial charge in [-0.15, -0.1) is 0 Å². The second-order valence-corrected chi connectivity index (χ2v) is 4.44. The van der Waals surface area contributed by atoms with E-state index in [9.17, 15) is 0 Å². The molecule has 0 aliphatic carbocycles. The zero-order valence-corrected chi connectivity index (χ0v) is 10.6. The van der Waals surface area contributed by atoms with E-state index in [0.29, 0.717) is 0 Å². The van der Waals surface area contributed by atoms with Crippen molar-refractivity contribution in [2.75, 3.05) is 7.05 Å². The minimum Gasteiger partial charge on any atom is -0.311 e. The maximum Gasteiger partial charge on any atom is 0.0997 e. The van der Waals surface area contributed by atoms with Crippen LogP contribution in [0.4, 0.5) is 0 Å². The van der Waals surface area contributed by atoms with Crippen LogP contribution in [0.5, 0.6) is 0 Å². The summed E-state index contributed by atoms with van der Waals surface area (Å²) in [7, 11) is 1.90. The van der Waals surface area contributed by atoms with Crippen molar-refractivity contribution >= 4 is 11.6 Å². The minimum absolute atomic E-state index is 0.119. The Morgan fingerprint density at radius 3 is 2.88 bits per heavy atom. The first-order chi connectivity index (χ1) is 8.20. The van der Waals surface area contributed by atoms with Gasteiger partial charge < -0.3 is 5.32 Å². The van der Waals surface area contributed by atoms with Crippen molar-refractivity contribution < 1.29 is 0 Å². The van der Waals surface area contributed by atoms with Gasteiger partial charge in [-0.05, 0) is 37.6 Å². The van der Waals surface area contributed by atoms with Crippen molar-refractivity contribution in [3.63, 3.8) is 0 Å². The van der Waals surface area contributed by atoms with Crippen LogP contribution in [0.25, 0.3) is 0 Å². The molecule has 0 amide bonds. The summed E-state index contributed by atoms with van der Waals surface area (Å²) in [6.07, 6.45) is 2.52. The van der Waals surface area contributed by atoms with E-state index < -0.39 is 0 Å². The lowest BCUT2D eigenvalue weighted by Crippen LogP contribution is -2.19. The molecule has 17 heavy (non-hydrogen) atoms. The van der Waals surface area contributed by atoms with Crippen LogP contribution in [-0.2, 0) is 6.42 Å². The molecule has 2 N–H and O–H groups in total. The largest absolute Gasteiger partial charge is 0.311 e. The third-order valence-corrected chi connectivity index (χ3v) is 3.12. The zero-order valence-electron chi connectivity index (χ0n) is 9.87. The average molecular weight is 251 g/mol. The molecule has 0 aliphatic heterocycles. The summed E-state index contributed by atoms with van der Waals surface area (Å²) >= 11 is 6.22. The van der Waals surface area contributed by atoms with Crippen molar-refractivity contribution in [1.29, 1.82) is 0 Å². The van der Waals surface area contributed by atoms with E-state index in [-0.39, 0.29) is 6.04 Å². The molecule has 0 aliphatic rings. The Kier molecular flexibility index (Phi) is 3.76. The summed E-state index contributed by atoms with van der Waals surface area (Å²) in [6, 6.07) is 6.22. The van der Waals surface area contributed by atoms with Crippen LogP contribution in [0.1, 0.15) is 22.9 Å². The Labute approximate surface area is 105 Å². The van der Waals surface area contributed by atoms with Gasteiger partial charge in [-0.1, -0.05) is 23.7 Å². The smallest absolute Gasteiger partial charge is 0.0997 e. The number of aromatic nitrogens is 3. The molecule has 0 radical (unpaired) electrons. The van der Waals surface area contributed by atoms with E-state index in [1.54, 1.807) is 6.20 Å². The van der Waals surface area contributed by atoms with Gasteiger partial charge in [-0.25, -0.2) is 0 Å².